The summed E-state index contributed by atoms with van der Waals surface area (Å²) in [6.45, 7) is 9.66. The van der Waals surface area contributed by atoms with Crippen LogP contribution in [0.25, 0.3) is 11.4 Å². The Morgan fingerprint density at radius 3 is 2.55 bits per heavy atom. The van der Waals surface area contributed by atoms with Crippen molar-refractivity contribution < 1.29 is 9.90 Å². The summed E-state index contributed by atoms with van der Waals surface area (Å²) >= 11 is 0. The maximum atomic E-state index is 13.8. The molecule has 1 aromatic carbocycles. The highest BCUT2D eigenvalue weighted by Gasteiger charge is 2.32. The molecule has 222 valence electrons. The molecular weight excluding hydrogens is 526 g/mol. The monoisotopic (exact) mass is 569 g/mol. The molecule has 0 saturated carbocycles. The molecule has 4 heterocycles. The van der Waals surface area contributed by atoms with Crippen LogP contribution in [0.5, 0.6) is 0 Å². The fourth-order valence-corrected chi connectivity index (χ4v) is 6.75. The quantitative estimate of drug-likeness (QED) is 0.421. The number of hydrogen-bond donors (Lipinski definition) is 1. The average molecular weight is 570 g/mol. The van der Waals surface area contributed by atoms with Gasteiger partial charge in [0.1, 0.15) is 0 Å². The summed E-state index contributed by atoms with van der Waals surface area (Å²) in [5.74, 6) is 1.52. The number of aliphatic hydroxyl groups excluding tert-OH is 1. The van der Waals surface area contributed by atoms with Crippen LogP contribution in [0.1, 0.15) is 81.3 Å². The predicted octanol–water partition coefficient (Wildman–Crippen LogP) is 4.64. The number of piperidine rings is 1. The van der Waals surface area contributed by atoms with Crippen molar-refractivity contribution in [1.82, 2.24) is 30.1 Å². The van der Waals surface area contributed by atoms with E-state index in [2.05, 4.69) is 59.4 Å². The largest absolute Gasteiger partial charge is 0.393 e. The fraction of sp³-hybridized carbons (Fsp3) is 0.576. The summed E-state index contributed by atoms with van der Waals surface area (Å²) in [6, 6.07) is 10.5. The SMILES string of the molecule is Cn1nnnc1-c1ccc([C@@H](CCN2CCC(O)CC2)CC(=O)C2=Nc3cc4c(nc3C2)CC[C@H](C(C)(C)C)C4)cc1. The molecule has 9 nitrogen and oxygen atoms in total. The van der Waals surface area contributed by atoms with Crippen LogP contribution in [0.2, 0.25) is 0 Å². The zero-order valence-electron chi connectivity index (χ0n) is 25.4. The molecule has 2 aromatic heterocycles. The van der Waals surface area contributed by atoms with E-state index in [1.807, 2.05) is 19.2 Å². The summed E-state index contributed by atoms with van der Waals surface area (Å²) in [5, 5.41) is 21.8. The molecule has 0 amide bonds. The molecule has 3 aromatic rings. The number of ketones is 1. The Labute approximate surface area is 248 Å². The molecule has 0 bridgehead atoms. The number of aliphatic hydroxyl groups is 1. The van der Waals surface area contributed by atoms with Gasteiger partial charge in [-0.3, -0.25) is 9.78 Å². The highest BCUT2D eigenvalue weighted by Crippen LogP contribution is 2.39. The van der Waals surface area contributed by atoms with E-state index in [4.69, 9.17) is 9.98 Å². The number of Topliss-reactive ketones (excluding diaryl/α,β-unsaturated/α-hetero) is 1. The van der Waals surface area contributed by atoms with Crippen LogP contribution in [0.3, 0.4) is 0 Å². The van der Waals surface area contributed by atoms with E-state index in [1.54, 1.807) is 4.68 Å². The summed E-state index contributed by atoms with van der Waals surface area (Å²) in [4.78, 5) is 26.0. The van der Waals surface area contributed by atoms with Crippen molar-refractivity contribution in [3.05, 3.63) is 52.8 Å². The molecular formula is C33H43N7O2. The summed E-state index contributed by atoms with van der Waals surface area (Å²) in [5.41, 5.74) is 7.33. The molecule has 9 heteroatoms. The first-order valence-corrected chi connectivity index (χ1v) is 15.5. The van der Waals surface area contributed by atoms with Crippen LogP contribution in [0.4, 0.5) is 5.69 Å². The molecule has 1 saturated heterocycles. The van der Waals surface area contributed by atoms with Gasteiger partial charge < -0.3 is 10.0 Å². The topological polar surface area (TPSA) is 109 Å². The van der Waals surface area contributed by atoms with Crippen LogP contribution in [-0.4, -0.2) is 72.4 Å². The molecule has 1 aliphatic carbocycles. The minimum Gasteiger partial charge on any atom is -0.393 e. The minimum atomic E-state index is -0.193. The van der Waals surface area contributed by atoms with Crippen molar-refractivity contribution in [3.8, 4) is 11.4 Å². The Kier molecular flexibility index (Phi) is 8.07. The number of benzene rings is 1. The Morgan fingerprint density at radius 1 is 1.10 bits per heavy atom. The Bertz CT molecular complexity index is 1460. The number of likely N-dealkylation sites (tertiary alicyclic amines) is 1. The minimum absolute atomic E-state index is 0.0659. The lowest BCUT2D eigenvalue weighted by atomic mass is 9.71. The van der Waals surface area contributed by atoms with Gasteiger partial charge in [0.2, 0.25) is 0 Å². The molecule has 6 rings (SSSR count). The van der Waals surface area contributed by atoms with Crippen LogP contribution >= 0.6 is 0 Å². The Hall–Kier alpha value is -3.30. The van der Waals surface area contributed by atoms with E-state index >= 15 is 0 Å². The first-order chi connectivity index (χ1) is 20.1. The average Bonchev–Trinajstić information content (AvgIpc) is 3.59. The van der Waals surface area contributed by atoms with Gasteiger partial charge in [-0.1, -0.05) is 45.0 Å². The molecule has 0 spiro atoms. The third-order valence-electron chi connectivity index (χ3n) is 9.62. The van der Waals surface area contributed by atoms with Crippen molar-refractivity contribution in [3.63, 3.8) is 0 Å². The molecule has 1 N–H and O–H groups in total. The lowest BCUT2D eigenvalue weighted by Crippen LogP contribution is -2.37. The van der Waals surface area contributed by atoms with Crippen LogP contribution in [-0.2, 0) is 31.1 Å². The van der Waals surface area contributed by atoms with Gasteiger partial charge >= 0.3 is 0 Å². The molecule has 0 unspecified atom stereocenters. The second kappa shape index (κ2) is 11.8. The molecule has 0 radical (unpaired) electrons. The number of aromatic nitrogens is 5. The Morgan fingerprint density at radius 2 is 1.86 bits per heavy atom. The second-order valence-electron chi connectivity index (χ2n) is 13.5. The number of aryl methyl sites for hydroxylation is 2. The van der Waals surface area contributed by atoms with Crippen molar-refractivity contribution in [2.75, 3.05) is 19.6 Å². The van der Waals surface area contributed by atoms with Gasteiger partial charge in [0.25, 0.3) is 0 Å². The zero-order chi connectivity index (χ0) is 29.4. The van der Waals surface area contributed by atoms with Crippen LogP contribution < -0.4 is 0 Å². The number of nitrogens with zero attached hydrogens (tertiary/aromatic N) is 7. The van der Waals surface area contributed by atoms with E-state index in [-0.39, 0.29) is 23.2 Å². The van der Waals surface area contributed by atoms with Crippen molar-refractivity contribution >= 4 is 17.2 Å². The maximum Gasteiger partial charge on any atom is 0.181 e. The van der Waals surface area contributed by atoms with Crippen LogP contribution in [0.15, 0.2) is 35.3 Å². The predicted molar refractivity (Wildman–Crippen MR) is 163 cm³/mol. The number of aliphatic imine (C=N–C) groups is 1. The van der Waals surface area contributed by atoms with Gasteiger partial charge in [0.05, 0.1) is 23.2 Å². The third-order valence-corrected chi connectivity index (χ3v) is 9.62. The number of fused-ring (bicyclic) bond motifs is 2. The third kappa shape index (κ3) is 6.22. The van der Waals surface area contributed by atoms with Gasteiger partial charge in [-0.2, -0.15) is 0 Å². The van der Waals surface area contributed by atoms with Crippen molar-refractivity contribution in [2.24, 2.45) is 23.4 Å². The number of rotatable bonds is 8. The second-order valence-corrected chi connectivity index (χ2v) is 13.5. The normalized spacial score (nSPS) is 20.2. The molecule has 3 aliphatic rings. The molecule has 42 heavy (non-hydrogen) atoms. The van der Waals surface area contributed by atoms with E-state index < -0.39 is 0 Å². The lowest BCUT2D eigenvalue weighted by Gasteiger charge is -2.34. The zero-order valence-corrected chi connectivity index (χ0v) is 25.4. The lowest BCUT2D eigenvalue weighted by molar-refractivity contribution is -0.113. The van der Waals surface area contributed by atoms with Gasteiger partial charge in [-0.25, -0.2) is 9.67 Å². The number of hydrogen-bond acceptors (Lipinski definition) is 8. The Balaban J connectivity index is 1.18. The van der Waals surface area contributed by atoms with Gasteiger partial charge in [0.15, 0.2) is 11.6 Å². The maximum absolute atomic E-state index is 13.8. The van der Waals surface area contributed by atoms with Crippen molar-refractivity contribution in [2.45, 2.75) is 84.2 Å². The summed E-state index contributed by atoms with van der Waals surface area (Å²) in [6.07, 6.45) is 6.45. The molecule has 1 fully saturated rings. The van der Waals surface area contributed by atoms with Gasteiger partial charge in [-0.15, -0.1) is 5.10 Å². The van der Waals surface area contributed by atoms with E-state index in [0.29, 0.717) is 30.3 Å². The van der Waals surface area contributed by atoms with Crippen molar-refractivity contribution in [1.29, 1.82) is 0 Å². The molecule has 2 aliphatic heterocycles. The summed E-state index contributed by atoms with van der Waals surface area (Å²) in [7, 11) is 1.83. The number of pyridine rings is 1. The number of carbonyl (C=O) groups is 1. The first kappa shape index (κ1) is 28.8. The highest BCUT2D eigenvalue weighted by atomic mass is 16.3. The van der Waals surface area contributed by atoms with E-state index in [9.17, 15) is 9.90 Å². The van der Waals surface area contributed by atoms with Gasteiger partial charge in [-0.05, 0) is 89.9 Å². The smallest absolute Gasteiger partial charge is 0.181 e. The van der Waals surface area contributed by atoms with E-state index in [0.717, 1.165) is 74.2 Å². The molecule has 2 atom stereocenters. The summed E-state index contributed by atoms with van der Waals surface area (Å²) < 4.78 is 1.66. The van der Waals surface area contributed by atoms with E-state index in [1.165, 1.54) is 17.7 Å². The fourth-order valence-electron chi connectivity index (χ4n) is 6.75. The number of tetrazole rings is 1. The van der Waals surface area contributed by atoms with Gasteiger partial charge in [0, 0.05) is 44.2 Å². The highest BCUT2D eigenvalue weighted by molar-refractivity contribution is 6.41. The standard InChI is InChI=1S/C33H43N7O2/c1-33(2,3)25-9-10-27-24(17-25)18-28-29(34-27)20-30(35-28)31(42)19-23(11-14-40-15-12-26(41)13-16-40)21-5-7-22(8-6-21)32-36-37-38-39(32)4/h5-8,18,23,25-26,41H,9-17,19-20H2,1-4H3/t23-,25-/m0/s1. The number of carbonyl (C=O) groups excluding carboxylic acids is 1. The first-order valence-electron chi connectivity index (χ1n) is 15.5. The van der Waals surface area contributed by atoms with Crippen LogP contribution in [0, 0.1) is 11.3 Å².